The molecule has 0 N–H and O–H groups in total. The second-order valence-electron chi connectivity index (χ2n) is 7.17. The quantitative estimate of drug-likeness (QED) is 0.310. The molecule has 1 saturated carbocycles. The van der Waals surface area contributed by atoms with Crippen molar-refractivity contribution >= 4 is 0 Å². The van der Waals surface area contributed by atoms with E-state index in [1.54, 1.807) is 0 Å². The van der Waals surface area contributed by atoms with Gasteiger partial charge >= 0.3 is 0 Å². The Morgan fingerprint density at radius 1 is 1.10 bits per heavy atom. The Bertz CT molecular complexity index is 348. The zero-order valence-electron chi connectivity index (χ0n) is 14.7. The minimum absolute atomic E-state index is 0.670. The average molecular weight is 289 g/mol. The fraction of sp³-hybridized carbons (Fsp3) is 0.714. The third-order valence-corrected chi connectivity index (χ3v) is 4.87. The van der Waals surface area contributed by atoms with Gasteiger partial charge in [-0.2, -0.15) is 0 Å². The second kappa shape index (κ2) is 10.0. The maximum absolute atomic E-state index is 4.38. The molecule has 0 aromatic rings. The van der Waals surface area contributed by atoms with Gasteiger partial charge in [0.25, 0.3) is 0 Å². The molecule has 1 aliphatic carbocycles. The molecule has 1 rings (SSSR count). The van der Waals surface area contributed by atoms with Gasteiger partial charge in [0.1, 0.15) is 0 Å². The van der Waals surface area contributed by atoms with Gasteiger partial charge in [0.15, 0.2) is 0 Å². The van der Waals surface area contributed by atoms with Crippen molar-refractivity contribution in [2.75, 3.05) is 0 Å². The fourth-order valence-electron chi connectivity index (χ4n) is 3.64. The monoisotopic (exact) mass is 288 g/mol. The van der Waals surface area contributed by atoms with Crippen molar-refractivity contribution < 1.29 is 0 Å². The van der Waals surface area contributed by atoms with E-state index in [1.807, 2.05) is 0 Å². The van der Waals surface area contributed by atoms with Gasteiger partial charge in [-0.25, -0.2) is 0 Å². The molecule has 1 unspecified atom stereocenters. The van der Waals surface area contributed by atoms with E-state index >= 15 is 0 Å². The molecule has 0 aromatic carbocycles. The van der Waals surface area contributed by atoms with Crippen LogP contribution in [-0.4, -0.2) is 0 Å². The molecular formula is C21H36. The van der Waals surface area contributed by atoms with Crippen LogP contribution in [0.5, 0.6) is 0 Å². The molecular weight excluding hydrogens is 252 g/mol. The van der Waals surface area contributed by atoms with Gasteiger partial charge in [0.05, 0.1) is 0 Å². The molecule has 0 amide bonds. The van der Waals surface area contributed by atoms with E-state index in [4.69, 9.17) is 0 Å². The number of hydrogen-bond donors (Lipinski definition) is 0. The summed E-state index contributed by atoms with van der Waals surface area (Å²) in [5.74, 6) is 1.49. The van der Waals surface area contributed by atoms with E-state index in [2.05, 4.69) is 40.0 Å². The van der Waals surface area contributed by atoms with Crippen LogP contribution in [0.4, 0.5) is 0 Å². The summed E-state index contributed by atoms with van der Waals surface area (Å²) >= 11 is 0. The standard InChI is InChI=1S/C21H36/c1-6-11-20(19(5)16-17(2)3)15-10-12-18(4)21-13-8-7-9-14-21/h16,20-21H,4-15H2,1-3H3. The highest BCUT2D eigenvalue weighted by molar-refractivity contribution is 5.21. The largest absolute Gasteiger partial charge is 0.0996 e. The average Bonchev–Trinajstić information content (AvgIpc) is 2.46. The van der Waals surface area contributed by atoms with Crippen molar-refractivity contribution in [2.45, 2.75) is 85.0 Å². The topological polar surface area (TPSA) is 0 Å². The minimum atomic E-state index is 0.670. The lowest BCUT2D eigenvalue weighted by atomic mass is 9.81. The van der Waals surface area contributed by atoms with E-state index < -0.39 is 0 Å². The number of rotatable bonds is 9. The molecule has 0 saturated heterocycles. The van der Waals surface area contributed by atoms with Crippen molar-refractivity contribution in [2.24, 2.45) is 11.8 Å². The number of allylic oxidation sites excluding steroid dienone is 4. The van der Waals surface area contributed by atoms with Gasteiger partial charge < -0.3 is 0 Å². The van der Waals surface area contributed by atoms with Crippen LogP contribution < -0.4 is 0 Å². The van der Waals surface area contributed by atoms with Crippen LogP contribution in [0.25, 0.3) is 0 Å². The SMILES string of the molecule is C=C(C=C(C)C)C(CCC)CCCC(=C)C1CCCCC1. The van der Waals surface area contributed by atoms with E-state index in [0.29, 0.717) is 5.92 Å². The van der Waals surface area contributed by atoms with Gasteiger partial charge in [-0.1, -0.05) is 68.6 Å². The molecule has 21 heavy (non-hydrogen) atoms. The Morgan fingerprint density at radius 2 is 1.76 bits per heavy atom. The van der Waals surface area contributed by atoms with Gasteiger partial charge in [0, 0.05) is 0 Å². The first-order valence-electron chi connectivity index (χ1n) is 9.06. The first kappa shape index (κ1) is 18.3. The van der Waals surface area contributed by atoms with Crippen molar-refractivity contribution in [3.05, 3.63) is 36.0 Å². The molecule has 0 heteroatoms. The van der Waals surface area contributed by atoms with E-state index in [1.165, 1.54) is 80.9 Å². The zero-order chi connectivity index (χ0) is 15.7. The third-order valence-electron chi connectivity index (χ3n) is 4.87. The summed E-state index contributed by atoms with van der Waals surface area (Å²) in [4.78, 5) is 0. The summed E-state index contributed by atoms with van der Waals surface area (Å²) in [6.45, 7) is 15.3. The Balaban J connectivity index is 2.37. The van der Waals surface area contributed by atoms with E-state index in [-0.39, 0.29) is 0 Å². The highest BCUT2D eigenvalue weighted by Gasteiger charge is 2.17. The Morgan fingerprint density at radius 3 is 2.33 bits per heavy atom. The first-order chi connectivity index (χ1) is 10.0. The lowest BCUT2D eigenvalue weighted by Crippen LogP contribution is -2.09. The summed E-state index contributed by atoms with van der Waals surface area (Å²) in [5.41, 5.74) is 4.23. The molecule has 0 heterocycles. The molecule has 0 spiro atoms. The van der Waals surface area contributed by atoms with Crippen LogP contribution in [0.2, 0.25) is 0 Å². The summed E-state index contributed by atoms with van der Waals surface area (Å²) in [6.07, 6.45) is 15.6. The van der Waals surface area contributed by atoms with Crippen LogP contribution in [-0.2, 0) is 0 Å². The normalized spacial score (nSPS) is 17.3. The van der Waals surface area contributed by atoms with E-state index in [0.717, 1.165) is 5.92 Å². The molecule has 0 bridgehead atoms. The predicted molar refractivity (Wildman–Crippen MR) is 96.5 cm³/mol. The van der Waals surface area contributed by atoms with Crippen molar-refractivity contribution in [3.8, 4) is 0 Å². The van der Waals surface area contributed by atoms with E-state index in [9.17, 15) is 0 Å². The lowest BCUT2D eigenvalue weighted by molar-refractivity contribution is 0.389. The minimum Gasteiger partial charge on any atom is -0.0996 e. The van der Waals surface area contributed by atoms with Crippen LogP contribution in [0.15, 0.2) is 36.0 Å². The maximum atomic E-state index is 4.38. The highest BCUT2D eigenvalue weighted by Crippen LogP contribution is 2.32. The third kappa shape index (κ3) is 7.16. The maximum Gasteiger partial charge on any atom is -0.0168 e. The van der Waals surface area contributed by atoms with Crippen molar-refractivity contribution in [1.29, 1.82) is 0 Å². The fourth-order valence-corrected chi connectivity index (χ4v) is 3.64. The molecule has 0 radical (unpaired) electrons. The predicted octanol–water partition coefficient (Wildman–Crippen LogP) is 7.23. The van der Waals surface area contributed by atoms with Crippen LogP contribution in [0.3, 0.4) is 0 Å². The molecule has 0 aliphatic heterocycles. The molecule has 1 atom stereocenters. The number of hydrogen-bond acceptors (Lipinski definition) is 0. The highest BCUT2D eigenvalue weighted by atomic mass is 14.2. The Kier molecular flexibility index (Phi) is 8.73. The van der Waals surface area contributed by atoms with Gasteiger partial charge in [-0.3, -0.25) is 0 Å². The molecule has 120 valence electrons. The molecule has 1 aliphatic rings. The lowest BCUT2D eigenvalue weighted by Gasteiger charge is -2.24. The second-order valence-corrected chi connectivity index (χ2v) is 7.17. The van der Waals surface area contributed by atoms with Crippen molar-refractivity contribution in [3.63, 3.8) is 0 Å². The summed E-state index contributed by atoms with van der Waals surface area (Å²) < 4.78 is 0. The summed E-state index contributed by atoms with van der Waals surface area (Å²) in [7, 11) is 0. The summed E-state index contributed by atoms with van der Waals surface area (Å²) in [6, 6.07) is 0. The van der Waals surface area contributed by atoms with Crippen LogP contribution in [0.1, 0.15) is 85.0 Å². The first-order valence-corrected chi connectivity index (χ1v) is 9.06. The van der Waals surface area contributed by atoms with Gasteiger partial charge in [-0.05, 0) is 64.2 Å². The Labute approximate surface area is 133 Å². The molecule has 0 nitrogen and oxygen atoms in total. The Hall–Kier alpha value is -0.780. The zero-order valence-corrected chi connectivity index (χ0v) is 14.7. The van der Waals surface area contributed by atoms with Gasteiger partial charge in [0.2, 0.25) is 0 Å². The van der Waals surface area contributed by atoms with Crippen LogP contribution in [0, 0.1) is 11.8 Å². The van der Waals surface area contributed by atoms with Crippen LogP contribution >= 0.6 is 0 Å². The molecule has 1 fully saturated rings. The smallest absolute Gasteiger partial charge is 0.0168 e. The summed E-state index contributed by atoms with van der Waals surface area (Å²) in [5, 5.41) is 0. The van der Waals surface area contributed by atoms with Crippen molar-refractivity contribution in [1.82, 2.24) is 0 Å². The van der Waals surface area contributed by atoms with Gasteiger partial charge in [-0.15, -0.1) is 0 Å². The molecule has 0 aromatic heterocycles.